The van der Waals surface area contributed by atoms with Gasteiger partial charge in [0.2, 0.25) is 5.91 Å². The number of hydrogen-bond donors (Lipinski definition) is 0. The zero-order valence-electron chi connectivity index (χ0n) is 14.7. The zero-order valence-corrected chi connectivity index (χ0v) is 14.7. The molecule has 1 aromatic rings. The fourth-order valence-corrected chi connectivity index (χ4v) is 4.26. The maximum atomic E-state index is 12.8. The molecule has 1 aromatic heterocycles. The third-order valence-electron chi connectivity index (χ3n) is 5.87. The average molecular weight is 331 g/mol. The second-order valence-corrected chi connectivity index (χ2v) is 7.82. The van der Waals surface area contributed by atoms with Gasteiger partial charge in [0, 0.05) is 56.6 Å². The Balaban J connectivity index is 1.40. The summed E-state index contributed by atoms with van der Waals surface area (Å²) in [6.45, 7) is 6.52. The van der Waals surface area contributed by atoms with E-state index in [0.29, 0.717) is 17.7 Å². The van der Waals surface area contributed by atoms with Crippen molar-refractivity contribution in [1.82, 2.24) is 14.5 Å². The fourth-order valence-electron chi connectivity index (χ4n) is 4.26. The third-order valence-corrected chi connectivity index (χ3v) is 5.87. The van der Waals surface area contributed by atoms with Crippen molar-refractivity contribution in [3.63, 3.8) is 0 Å². The van der Waals surface area contributed by atoms with Crippen LogP contribution in [0.15, 0.2) is 6.20 Å². The largest absolute Gasteiger partial charge is 0.381 e. The Labute approximate surface area is 144 Å². The van der Waals surface area contributed by atoms with Crippen molar-refractivity contribution in [2.75, 3.05) is 26.3 Å². The number of aromatic nitrogens is 2. The van der Waals surface area contributed by atoms with Gasteiger partial charge in [-0.05, 0) is 51.4 Å². The van der Waals surface area contributed by atoms with E-state index in [4.69, 9.17) is 4.74 Å². The molecule has 3 heterocycles. The number of likely N-dealkylation sites (tertiary alicyclic amines) is 1. The molecule has 4 rings (SSSR count). The molecule has 24 heavy (non-hydrogen) atoms. The molecular formula is C19H29N3O2. The summed E-state index contributed by atoms with van der Waals surface area (Å²) in [6, 6.07) is 0. The number of imidazole rings is 1. The van der Waals surface area contributed by atoms with E-state index in [1.54, 1.807) is 0 Å². The van der Waals surface area contributed by atoms with Gasteiger partial charge in [-0.1, -0.05) is 0 Å². The topological polar surface area (TPSA) is 47.4 Å². The molecule has 2 aliphatic heterocycles. The summed E-state index contributed by atoms with van der Waals surface area (Å²) in [5.74, 6) is 3.08. The molecule has 1 aliphatic carbocycles. The number of nitrogens with zero attached hydrogens (tertiary/aromatic N) is 3. The van der Waals surface area contributed by atoms with Crippen LogP contribution in [0.5, 0.6) is 0 Å². The Kier molecular flexibility index (Phi) is 4.61. The molecule has 0 aromatic carbocycles. The van der Waals surface area contributed by atoms with E-state index >= 15 is 0 Å². The Bertz CT molecular complexity index is 587. The third kappa shape index (κ3) is 3.37. The summed E-state index contributed by atoms with van der Waals surface area (Å²) in [5.41, 5.74) is 1.27. The van der Waals surface area contributed by atoms with Gasteiger partial charge in [-0.25, -0.2) is 4.98 Å². The van der Waals surface area contributed by atoms with Crippen molar-refractivity contribution in [3.05, 3.63) is 17.7 Å². The van der Waals surface area contributed by atoms with Gasteiger partial charge in [0.05, 0.1) is 0 Å². The lowest BCUT2D eigenvalue weighted by Crippen LogP contribution is -2.45. The predicted octanol–water partition coefficient (Wildman–Crippen LogP) is 2.73. The smallest absolute Gasteiger partial charge is 0.225 e. The summed E-state index contributed by atoms with van der Waals surface area (Å²) >= 11 is 0. The minimum Gasteiger partial charge on any atom is -0.381 e. The van der Waals surface area contributed by atoms with E-state index in [9.17, 15) is 4.79 Å². The first-order chi connectivity index (χ1) is 11.7. The maximum Gasteiger partial charge on any atom is 0.225 e. The number of ether oxygens (including phenoxy) is 1. The number of aryl methyl sites for hydroxylation is 1. The monoisotopic (exact) mass is 331 g/mol. The molecule has 5 nitrogen and oxygen atoms in total. The highest BCUT2D eigenvalue weighted by Crippen LogP contribution is 2.40. The van der Waals surface area contributed by atoms with E-state index < -0.39 is 0 Å². The predicted molar refractivity (Wildman–Crippen MR) is 91.8 cm³/mol. The molecule has 5 heteroatoms. The van der Waals surface area contributed by atoms with Gasteiger partial charge in [0.1, 0.15) is 5.82 Å². The fraction of sp³-hybridized carbons (Fsp3) is 0.789. The van der Waals surface area contributed by atoms with Crippen molar-refractivity contribution in [3.8, 4) is 0 Å². The van der Waals surface area contributed by atoms with E-state index in [0.717, 1.165) is 52.1 Å². The van der Waals surface area contributed by atoms with E-state index in [1.165, 1.54) is 30.8 Å². The van der Waals surface area contributed by atoms with Crippen molar-refractivity contribution in [1.29, 1.82) is 0 Å². The van der Waals surface area contributed by atoms with Crippen LogP contribution in [-0.4, -0.2) is 46.7 Å². The van der Waals surface area contributed by atoms with Crippen LogP contribution < -0.4 is 0 Å². The summed E-state index contributed by atoms with van der Waals surface area (Å²) < 4.78 is 7.82. The van der Waals surface area contributed by atoms with Gasteiger partial charge in [-0.3, -0.25) is 4.79 Å². The second-order valence-electron chi connectivity index (χ2n) is 7.82. The van der Waals surface area contributed by atoms with Crippen LogP contribution in [0.4, 0.5) is 0 Å². The molecule has 132 valence electrons. The molecule has 1 unspecified atom stereocenters. The van der Waals surface area contributed by atoms with Crippen LogP contribution in [0.2, 0.25) is 0 Å². The highest BCUT2D eigenvalue weighted by atomic mass is 16.5. The van der Waals surface area contributed by atoms with E-state index in [-0.39, 0.29) is 5.92 Å². The normalized spacial score (nSPS) is 25.9. The van der Waals surface area contributed by atoms with Crippen LogP contribution in [0, 0.1) is 18.8 Å². The molecule has 1 saturated carbocycles. The highest BCUT2D eigenvalue weighted by molar-refractivity contribution is 5.79. The summed E-state index contributed by atoms with van der Waals surface area (Å²) in [4.78, 5) is 19.6. The Hall–Kier alpha value is -1.36. The summed E-state index contributed by atoms with van der Waals surface area (Å²) in [6.07, 6.45) is 8.73. The Morgan fingerprint density at radius 1 is 1.25 bits per heavy atom. The molecule has 0 bridgehead atoms. The summed E-state index contributed by atoms with van der Waals surface area (Å²) in [7, 11) is 0. The Morgan fingerprint density at radius 3 is 2.79 bits per heavy atom. The average Bonchev–Trinajstić information content (AvgIpc) is 3.40. The number of hydrogen-bond acceptors (Lipinski definition) is 3. The van der Waals surface area contributed by atoms with Crippen molar-refractivity contribution < 1.29 is 9.53 Å². The first-order valence-electron chi connectivity index (χ1n) is 9.61. The van der Waals surface area contributed by atoms with Crippen LogP contribution in [-0.2, 0) is 16.1 Å². The number of carbonyl (C=O) groups excluding carboxylic acids is 1. The van der Waals surface area contributed by atoms with Crippen molar-refractivity contribution in [2.24, 2.45) is 11.8 Å². The molecule has 0 radical (unpaired) electrons. The lowest BCUT2D eigenvalue weighted by molar-refractivity contribution is -0.140. The SMILES string of the molecule is Cc1cnc(C2CC2)n1CC1CCCN(C(=O)C2CCOCC2)C1. The Morgan fingerprint density at radius 2 is 2.04 bits per heavy atom. The standard InChI is InChI=1S/C19H29N3O2/c1-14-11-20-18(16-4-5-16)22(14)13-15-3-2-8-21(12-15)19(23)17-6-9-24-10-7-17/h11,15-17H,2-10,12-13H2,1H3. The van der Waals surface area contributed by atoms with Crippen molar-refractivity contribution in [2.45, 2.75) is 57.9 Å². The van der Waals surface area contributed by atoms with Gasteiger partial charge >= 0.3 is 0 Å². The molecular weight excluding hydrogens is 302 g/mol. The second kappa shape index (κ2) is 6.87. The summed E-state index contributed by atoms with van der Waals surface area (Å²) in [5, 5.41) is 0. The molecule has 1 amide bonds. The van der Waals surface area contributed by atoms with Crippen LogP contribution in [0.1, 0.15) is 56.0 Å². The van der Waals surface area contributed by atoms with E-state index in [1.807, 2.05) is 6.20 Å². The first kappa shape index (κ1) is 16.1. The molecule has 3 fully saturated rings. The quantitative estimate of drug-likeness (QED) is 0.852. The zero-order chi connectivity index (χ0) is 16.5. The number of carbonyl (C=O) groups is 1. The van der Waals surface area contributed by atoms with Crippen LogP contribution in [0.25, 0.3) is 0 Å². The van der Waals surface area contributed by atoms with Gasteiger partial charge in [0.25, 0.3) is 0 Å². The minimum atomic E-state index is 0.189. The molecule has 3 aliphatic rings. The molecule has 0 spiro atoms. The minimum absolute atomic E-state index is 0.189. The lowest BCUT2D eigenvalue weighted by atomic mass is 9.93. The van der Waals surface area contributed by atoms with Crippen molar-refractivity contribution >= 4 is 5.91 Å². The molecule has 1 atom stereocenters. The lowest BCUT2D eigenvalue weighted by Gasteiger charge is -2.36. The van der Waals surface area contributed by atoms with E-state index in [2.05, 4.69) is 21.4 Å². The maximum absolute atomic E-state index is 12.8. The van der Waals surface area contributed by atoms with Gasteiger partial charge in [-0.2, -0.15) is 0 Å². The number of piperidine rings is 1. The van der Waals surface area contributed by atoms with Gasteiger partial charge < -0.3 is 14.2 Å². The highest BCUT2D eigenvalue weighted by Gasteiger charge is 2.32. The number of rotatable bonds is 4. The number of amides is 1. The van der Waals surface area contributed by atoms with Crippen LogP contribution in [0.3, 0.4) is 0 Å². The van der Waals surface area contributed by atoms with Gasteiger partial charge in [0.15, 0.2) is 0 Å². The van der Waals surface area contributed by atoms with Crippen LogP contribution >= 0.6 is 0 Å². The molecule has 0 N–H and O–H groups in total. The molecule has 2 saturated heterocycles. The first-order valence-corrected chi connectivity index (χ1v) is 9.61. The van der Waals surface area contributed by atoms with Gasteiger partial charge in [-0.15, -0.1) is 0 Å².